The zero-order chi connectivity index (χ0) is 20.2. The van der Waals surface area contributed by atoms with Gasteiger partial charge in [-0.2, -0.15) is 5.10 Å². The van der Waals surface area contributed by atoms with Crippen molar-refractivity contribution >= 4 is 28.3 Å². The number of carbonyl (C=O) groups excluding carboxylic acids is 1. The van der Waals surface area contributed by atoms with E-state index in [2.05, 4.69) is 30.3 Å². The van der Waals surface area contributed by atoms with Crippen LogP contribution in [0.2, 0.25) is 5.02 Å². The summed E-state index contributed by atoms with van der Waals surface area (Å²) in [6.07, 6.45) is 0.824. The Morgan fingerprint density at radius 2 is 1.83 bits per heavy atom. The minimum absolute atomic E-state index is 0.211. The Kier molecular flexibility index (Phi) is 5.63. The normalized spacial score (nSPS) is 11.0. The van der Waals surface area contributed by atoms with Crippen LogP contribution in [-0.4, -0.2) is 22.4 Å². The van der Waals surface area contributed by atoms with E-state index in [-0.39, 0.29) is 5.97 Å². The molecule has 1 heterocycles. The molecule has 146 valence electrons. The average Bonchev–Trinajstić information content (AvgIpc) is 3.16. The monoisotopic (exact) mass is 404 g/mol. The van der Waals surface area contributed by atoms with Crippen molar-refractivity contribution in [1.29, 1.82) is 0 Å². The Labute approximate surface area is 174 Å². The van der Waals surface area contributed by atoms with Crippen molar-refractivity contribution in [3.63, 3.8) is 0 Å². The molecule has 0 N–H and O–H groups in total. The van der Waals surface area contributed by atoms with Gasteiger partial charge in [0, 0.05) is 17.0 Å². The Morgan fingerprint density at radius 3 is 2.62 bits per heavy atom. The predicted octanol–water partition coefficient (Wildman–Crippen LogP) is 5.84. The van der Waals surface area contributed by atoms with Crippen molar-refractivity contribution in [2.75, 3.05) is 6.61 Å². The quantitative estimate of drug-likeness (QED) is 0.379. The van der Waals surface area contributed by atoms with Crippen LogP contribution in [0.3, 0.4) is 0 Å². The number of aromatic nitrogens is 2. The summed E-state index contributed by atoms with van der Waals surface area (Å²) < 4.78 is 6.93. The number of rotatable bonds is 6. The second-order valence-corrected chi connectivity index (χ2v) is 7.22. The molecule has 0 saturated heterocycles. The van der Waals surface area contributed by atoms with Gasteiger partial charge in [0.25, 0.3) is 0 Å². The molecular formula is C24H21ClN2O2. The van der Waals surface area contributed by atoms with Gasteiger partial charge in [-0.15, -0.1) is 0 Å². The van der Waals surface area contributed by atoms with E-state index in [1.165, 1.54) is 5.39 Å². The second kappa shape index (κ2) is 8.50. The lowest BCUT2D eigenvalue weighted by atomic mass is 10.0. The highest BCUT2D eigenvalue weighted by atomic mass is 35.5. The number of aryl methyl sites for hydroxylation is 1. The first kappa shape index (κ1) is 19.2. The summed E-state index contributed by atoms with van der Waals surface area (Å²) in [5.74, 6) is -0.211. The lowest BCUT2D eigenvalue weighted by molar-refractivity contribution is -0.143. The van der Waals surface area contributed by atoms with Gasteiger partial charge >= 0.3 is 5.97 Å². The molecule has 0 aliphatic rings. The van der Waals surface area contributed by atoms with E-state index in [0.717, 1.165) is 28.0 Å². The highest BCUT2D eigenvalue weighted by molar-refractivity contribution is 6.30. The fourth-order valence-corrected chi connectivity index (χ4v) is 3.56. The molecule has 0 bridgehead atoms. The minimum atomic E-state index is -0.211. The molecule has 0 aliphatic heterocycles. The molecule has 29 heavy (non-hydrogen) atoms. The Bertz CT molecular complexity index is 1170. The molecule has 3 aromatic carbocycles. The second-order valence-electron chi connectivity index (χ2n) is 6.78. The lowest BCUT2D eigenvalue weighted by Gasteiger charge is -2.09. The van der Waals surface area contributed by atoms with Gasteiger partial charge in [0.15, 0.2) is 0 Å². The Balaban J connectivity index is 1.76. The molecule has 0 aliphatic carbocycles. The van der Waals surface area contributed by atoms with Crippen LogP contribution in [0, 0.1) is 0 Å². The zero-order valence-corrected chi connectivity index (χ0v) is 16.9. The zero-order valence-electron chi connectivity index (χ0n) is 16.1. The number of fused-ring (bicyclic) bond motifs is 1. The molecule has 0 atom stereocenters. The van der Waals surface area contributed by atoms with Gasteiger partial charge < -0.3 is 4.74 Å². The van der Waals surface area contributed by atoms with Gasteiger partial charge in [-0.1, -0.05) is 54.1 Å². The van der Waals surface area contributed by atoms with Crippen LogP contribution in [0.4, 0.5) is 0 Å². The number of hydrogen-bond donors (Lipinski definition) is 0. The third-order valence-corrected chi connectivity index (χ3v) is 4.98. The summed E-state index contributed by atoms with van der Waals surface area (Å²) in [6.45, 7) is 2.20. The van der Waals surface area contributed by atoms with Gasteiger partial charge in [0.2, 0.25) is 0 Å². The third kappa shape index (κ3) is 4.33. The van der Waals surface area contributed by atoms with Crippen LogP contribution in [-0.2, 0) is 16.0 Å². The molecule has 4 rings (SSSR count). The minimum Gasteiger partial charge on any atom is -0.466 e. The molecule has 0 radical (unpaired) electrons. The topological polar surface area (TPSA) is 44.1 Å². The van der Waals surface area contributed by atoms with E-state index < -0.39 is 0 Å². The highest BCUT2D eigenvalue weighted by Gasteiger charge is 2.14. The van der Waals surface area contributed by atoms with Gasteiger partial charge in [0.05, 0.1) is 30.1 Å². The summed E-state index contributed by atoms with van der Waals surface area (Å²) in [5.41, 5.74) is 3.72. The Morgan fingerprint density at radius 1 is 1.00 bits per heavy atom. The average molecular weight is 405 g/mol. The number of benzene rings is 3. The number of nitrogens with zero attached hydrogens (tertiary/aromatic N) is 2. The third-order valence-electron chi connectivity index (χ3n) is 4.75. The molecule has 0 amide bonds. The summed E-state index contributed by atoms with van der Waals surface area (Å²) in [6, 6.07) is 24.2. The molecule has 0 unspecified atom stereocenters. The molecule has 0 spiro atoms. The van der Waals surface area contributed by atoms with E-state index in [0.29, 0.717) is 24.5 Å². The summed E-state index contributed by atoms with van der Waals surface area (Å²) in [4.78, 5) is 11.8. The maximum atomic E-state index is 11.8. The molecule has 0 saturated carbocycles. The maximum Gasteiger partial charge on any atom is 0.306 e. The van der Waals surface area contributed by atoms with E-state index >= 15 is 0 Å². The van der Waals surface area contributed by atoms with E-state index in [1.54, 1.807) is 0 Å². The van der Waals surface area contributed by atoms with Gasteiger partial charge in [-0.3, -0.25) is 4.79 Å². The largest absolute Gasteiger partial charge is 0.466 e. The first-order valence-corrected chi connectivity index (χ1v) is 10.0. The molecule has 4 aromatic rings. The fraction of sp³-hybridized carbons (Fsp3) is 0.167. The standard InChI is InChI=1S/C24H21ClN2O2/c1-2-29-24(28)13-12-21-16-23(27(26-21)22-9-5-8-20(25)15-22)19-11-10-17-6-3-4-7-18(17)14-19/h3-11,14-16H,2,12-13H2,1H3. The molecule has 4 nitrogen and oxygen atoms in total. The van der Waals surface area contributed by atoms with Crippen LogP contribution in [0.5, 0.6) is 0 Å². The molecule has 1 aromatic heterocycles. The van der Waals surface area contributed by atoms with Crippen LogP contribution >= 0.6 is 11.6 Å². The van der Waals surface area contributed by atoms with Crippen LogP contribution < -0.4 is 0 Å². The lowest BCUT2D eigenvalue weighted by Crippen LogP contribution is -2.06. The summed E-state index contributed by atoms with van der Waals surface area (Å²) in [5, 5.41) is 7.76. The van der Waals surface area contributed by atoms with E-state index in [9.17, 15) is 4.79 Å². The van der Waals surface area contributed by atoms with Gasteiger partial charge in [-0.25, -0.2) is 4.68 Å². The number of carbonyl (C=O) groups is 1. The van der Waals surface area contributed by atoms with Crippen molar-refractivity contribution in [2.24, 2.45) is 0 Å². The smallest absolute Gasteiger partial charge is 0.306 e. The first-order valence-electron chi connectivity index (χ1n) is 9.64. The van der Waals surface area contributed by atoms with E-state index in [4.69, 9.17) is 21.4 Å². The number of ether oxygens (including phenoxy) is 1. The number of halogens is 1. The Hall–Kier alpha value is -3.11. The number of esters is 1. The van der Waals surface area contributed by atoms with Crippen molar-refractivity contribution in [3.05, 3.63) is 83.5 Å². The van der Waals surface area contributed by atoms with Crippen molar-refractivity contribution in [1.82, 2.24) is 9.78 Å². The first-order chi connectivity index (χ1) is 14.1. The molecular weight excluding hydrogens is 384 g/mol. The van der Waals surface area contributed by atoms with Crippen molar-refractivity contribution in [2.45, 2.75) is 19.8 Å². The van der Waals surface area contributed by atoms with Crippen LogP contribution in [0.15, 0.2) is 72.8 Å². The molecule has 0 fully saturated rings. The van der Waals surface area contributed by atoms with Crippen LogP contribution in [0.25, 0.3) is 27.7 Å². The highest BCUT2D eigenvalue weighted by Crippen LogP contribution is 2.28. The number of hydrogen-bond acceptors (Lipinski definition) is 3. The van der Waals surface area contributed by atoms with Crippen molar-refractivity contribution in [3.8, 4) is 16.9 Å². The predicted molar refractivity (Wildman–Crippen MR) is 116 cm³/mol. The fourth-order valence-electron chi connectivity index (χ4n) is 3.37. The molecule has 5 heteroatoms. The van der Waals surface area contributed by atoms with E-state index in [1.807, 2.05) is 54.1 Å². The van der Waals surface area contributed by atoms with Gasteiger partial charge in [-0.05, 0) is 48.0 Å². The maximum absolute atomic E-state index is 11.8. The summed E-state index contributed by atoms with van der Waals surface area (Å²) in [7, 11) is 0. The van der Waals surface area contributed by atoms with Crippen molar-refractivity contribution < 1.29 is 9.53 Å². The SMILES string of the molecule is CCOC(=O)CCc1cc(-c2ccc3ccccc3c2)n(-c2cccc(Cl)c2)n1. The van der Waals surface area contributed by atoms with Crippen LogP contribution in [0.1, 0.15) is 19.0 Å². The van der Waals surface area contributed by atoms with Gasteiger partial charge in [0.1, 0.15) is 0 Å². The summed E-state index contributed by atoms with van der Waals surface area (Å²) >= 11 is 6.21.